The van der Waals surface area contributed by atoms with Crippen molar-refractivity contribution in [1.82, 2.24) is 0 Å². The van der Waals surface area contributed by atoms with Crippen LogP contribution in [0, 0.1) is 13.8 Å². The first-order valence-corrected chi connectivity index (χ1v) is 7.76. The molecule has 0 aliphatic carbocycles. The first-order valence-electron chi connectivity index (χ1n) is 7.76. The van der Waals surface area contributed by atoms with Crippen LogP contribution in [0.1, 0.15) is 28.4 Å². The number of anilines is 1. The second-order valence-corrected chi connectivity index (χ2v) is 5.46. The molecule has 2 aromatic rings. The van der Waals surface area contributed by atoms with Gasteiger partial charge in [0.05, 0.1) is 12.2 Å². The maximum Gasteiger partial charge on any atom is 0.338 e. The van der Waals surface area contributed by atoms with Crippen LogP contribution in [0.25, 0.3) is 0 Å². The van der Waals surface area contributed by atoms with Crippen LogP contribution in [0.5, 0.6) is 5.75 Å². The van der Waals surface area contributed by atoms with Crippen LogP contribution in [0.3, 0.4) is 0 Å². The molecule has 2 aromatic carbocycles. The molecule has 0 atom stereocenters. The summed E-state index contributed by atoms with van der Waals surface area (Å²) in [6.45, 7) is 5.96. The molecular weight excluding hydrogens is 306 g/mol. The summed E-state index contributed by atoms with van der Waals surface area (Å²) < 4.78 is 10.4. The third-order valence-electron chi connectivity index (χ3n) is 3.24. The molecule has 24 heavy (non-hydrogen) atoms. The summed E-state index contributed by atoms with van der Waals surface area (Å²) >= 11 is 0. The Labute approximate surface area is 141 Å². The Morgan fingerprint density at radius 2 is 1.62 bits per heavy atom. The van der Waals surface area contributed by atoms with Crippen LogP contribution in [0.2, 0.25) is 0 Å². The van der Waals surface area contributed by atoms with Crippen molar-refractivity contribution in [3.8, 4) is 5.75 Å². The Balaban J connectivity index is 1.87. The van der Waals surface area contributed by atoms with E-state index in [4.69, 9.17) is 9.47 Å². The number of esters is 1. The minimum Gasteiger partial charge on any atom is -0.494 e. The van der Waals surface area contributed by atoms with E-state index in [1.54, 1.807) is 36.4 Å². The van der Waals surface area contributed by atoms with Crippen LogP contribution in [0.4, 0.5) is 5.69 Å². The summed E-state index contributed by atoms with van der Waals surface area (Å²) in [5.74, 6) is -0.169. The van der Waals surface area contributed by atoms with Crippen molar-refractivity contribution >= 4 is 17.6 Å². The molecule has 1 N–H and O–H groups in total. The molecule has 0 spiro atoms. The average Bonchev–Trinajstić information content (AvgIpc) is 2.54. The number of carbonyl (C=O) groups is 2. The highest BCUT2D eigenvalue weighted by Crippen LogP contribution is 2.15. The fraction of sp³-hybridized carbons (Fsp3) is 0.263. The summed E-state index contributed by atoms with van der Waals surface area (Å²) in [6, 6.07) is 12.4. The number of hydrogen-bond donors (Lipinski definition) is 1. The minimum atomic E-state index is -0.511. The Morgan fingerprint density at radius 1 is 1.00 bits per heavy atom. The predicted octanol–water partition coefficient (Wildman–Crippen LogP) is 3.50. The monoisotopic (exact) mass is 327 g/mol. The zero-order chi connectivity index (χ0) is 17.5. The van der Waals surface area contributed by atoms with Crippen molar-refractivity contribution in [1.29, 1.82) is 0 Å². The van der Waals surface area contributed by atoms with Crippen molar-refractivity contribution in [3.63, 3.8) is 0 Å². The van der Waals surface area contributed by atoms with Gasteiger partial charge in [-0.25, -0.2) is 4.79 Å². The fourth-order valence-electron chi connectivity index (χ4n) is 2.31. The predicted molar refractivity (Wildman–Crippen MR) is 92.4 cm³/mol. The molecule has 126 valence electrons. The molecule has 0 saturated heterocycles. The molecule has 1 amide bonds. The quantitative estimate of drug-likeness (QED) is 0.825. The lowest BCUT2D eigenvalue weighted by Gasteiger charge is -2.08. The van der Waals surface area contributed by atoms with Gasteiger partial charge in [0.15, 0.2) is 6.61 Å². The maximum atomic E-state index is 12.0. The van der Waals surface area contributed by atoms with E-state index in [0.717, 1.165) is 16.9 Å². The summed E-state index contributed by atoms with van der Waals surface area (Å²) in [5, 5.41) is 2.67. The van der Waals surface area contributed by atoms with Gasteiger partial charge < -0.3 is 14.8 Å². The average molecular weight is 327 g/mol. The van der Waals surface area contributed by atoms with Gasteiger partial charge in [0.2, 0.25) is 0 Å². The van der Waals surface area contributed by atoms with Crippen LogP contribution < -0.4 is 10.1 Å². The van der Waals surface area contributed by atoms with Crippen molar-refractivity contribution in [2.24, 2.45) is 0 Å². The third kappa shape index (κ3) is 5.12. The highest BCUT2D eigenvalue weighted by Gasteiger charge is 2.11. The van der Waals surface area contributed by atoms with Crippen LogP contribution >= 0.6 is 0 Å². The van der Waals surface area contributed by atoms with Gasteiger partial charge in [-0.2, -0.15) is 0 Å². The summed E-state index contributed by atoms with van der Waals surface area (Å²) in [7, 11) is 0. The van der Waals surface area contributed by atoms with E-state index in [1.807, 2.05) is 26.8 Å². The van der Waals surface area contributed by atoms with E-state index < -0.39 is 11.9 Å². The molecule has 0 aliphatic rings. The van der Waals surface area contributed by atoms with Gasteiger partial charge in [-0.05, 0) is 57.2 Å². The molecule has 0 unspecified atom stereocenters. The first-order chi connectivity index (χ1) is 11.5. The van der Waals surface area contributed by atoms with Crippen molar-refractivity contribution in [2.45, 2.75) is 20.8 Å². The van der Waals surface area contributed by atoms with E-state index in [9.17, 15) is 9.59 Å². The maximum absolute atomic E-state index is 12.0. The van der Waals surface area contributed by atoms with Gasteiger partial charge in [0.1, 0.15) is 5.75 Å². The fourth-order valence-corrected chi connectivity index (χ4v) is 2.31. The summed E-state index contributed by atoms with van der Waals surface area (Å²) in [6.07, 6.45) is 0. The number of nitrogens with one attached hydrogen (secondary N) is 1. The first kappa shape index (κ1) is 17.5. The lowest BCUT2D eigenvalue weighted by Crippen LogP contribution is -2.21. The van der Waals surface area contributed by atoms with Crippen molar-refractivity contribution in [2.75, 3.05) is 18.5 Å². The molecule has 0 heterocycles. The van der Waals surface area contributed by atoms with Gasteiger partial charge >= 0.3 is 5.97 Å². The normalized spacial score (nSPS) is 10.1. The second-order valence-electron chi connectivity index (χ2n) is 5.46. The Hall–Kier alpha value is -2.82. The number of aryl methyl sites for hydroxylation is 2. The summed E-state index contributed by atoms with van der Waals surface area (Å²) in [5.41, 5.74) is 3.01. The van der Waals surface area contributed by atoms with Gasteiger partial charge in [-0.15, -0.1) is 0 Å². The van der Waals surface area contributed by atoms with E-state index in [2.05, 4.69) is 5.32 Å². The Bertz CT molecular complexity index is 702. The summed E-state index contributed by atoms with van der Waals surface area (Å²) in [4.78, 5) is 23.9. The smallest absolute Gasteiger partial charge is 0.338 e. The van der Waals surface area contributed by atoms with Crippen LogP contribution in [0.15, 0.2) is 42.5 Å². The second kappa shape index (κ2) is 8.15. The zero-order valence-electron chi connectivity index (χ0n) is 14.1. The number of hydrogen-bond acceptors (Lipinski definition) is 4. The van der Waals surface area contributed by atoms with E-state index in [0.29, 0.717) is 17.9 Å². The molecule has 0 aliphatic heterocycles. The van der Waals surface area contributed by atoms with Gasteiger partial charge in [-0.3, -0.25) is 4.79 Å². The molecule has 0 fully saturated rings. The van der Waals surface area contributed by atoms with Gasteiger partial charge in [0, 0.05) is 5.69 Å². The molecule has 2 rings (SSSR count). The SMILES string of the molecule is CCOc1ccc(NC(=O)COC(=O)c2cc(C)cc(C)c2)cc1. The van der Waals surface area contributed by atoms with E-state index >= 15 is 0 Å². The zero-order valence-corrected chi connectivity index (χ0v) is 14.1. The molecule has 5 nitrogen and oxygen atoms in total. The topological polar surface area (TPSA) is 64.6 Å². The minimum absolute atomic E-state index is 0.334. The third-order valence-corrected chi connectivity index (χ3v) is 3.24. The Kier molecular flexibility index (Phi) is 5.95. The van der Waals surface area contributed by atoms with Crippen molar-refractivity contribution in [3.05, 3.63) is 59.2 Å². The number of carbonyl (C=O) groups excluding carboxylic acids is 2. The molecule has 5 heteroatoms. The highest BCUT2D eigenvalue weighted by molar-refractivity contribution is 5.95. The highest BCUT2D eigenvalue weighted by atomic mass is 16.5. The lowest BCUT2D eigenvalue weighted by molar-refractivity contribution is -0.119. The van der Waals surface area contributed by atoms with Gasteiger partial charge in [0.25, 0.3) is 5.91 Å². The molecule has 0 radical (unpaired) electrons. The number of benzene rings is 2. The standard InChI is InChI=1S/C19H21NO4/c1-4-23-17-7-5-16(6-8-17)20-18(21)12-24-19(22)15-10-13(2)9-14(3)11-15/h5-11H,4,12H2,1-3H3,(H,20,21). The number of rotatable bonds is 6. The van der Waals surface area contributed by atoms with Crippen LogP contribution in [-0.4, -0.2) is 25.1 Å². The molecule has 0 aromatic heterocycles. The molecule has 0 saturated carbocycles. The van der Waals surface area contributed by atoms with Crippen LogP contribution in [-0.2, 0) is 9.53 Å². The number of amides is 1. The van der Waals surface area contributed by atoms with Crippen molar-refractivity contribution < 1.29 is 19.1 Å². The number of ether oxygens (including phenoxy) is 2. The Morgan fingerprint density at radius 3 is 2.21 bits per heavy atom. The molecular formula is C19H21NO4. The lowest BCUT2D eigenvalue weighted by atomic mass is 10.1. The van der Waals surface area contributed by atoms with Gasteiger partial charge in [-0.1, -0.05) is 17.2 Å². The largest absolute Gasteiger partial charge is 0.494 e. The van der Waals surface area contributed by atoms with E-state index in [-0.39, 0.29) is 6.61 Å². The van der Waals surface area contributed by atoms with E-state index in [1.165, 1.54) is 0 Å². The molecule has 0 bridgehead atoms.